The van der Waals surface area contributed by atoms with Gasteiger partial charge < -0.3 is 25.0 Å². The Morgan fingerprint density at radius 2 is 1.61 bits per heavy atom. The summed E-state index contributed by atoms with van der Waals surface area (Å²) < 4.78 is 10.7. The van der Waals surface area contributed by atoms with Gasteiger partial charge in [-0.3, -0.25) is 0 Å². The summed E-state index contributed by atoms with van der Waals surface area (Å²) >= 11 is 0. The maximum absolute atomic E-state index is 12.3. The molecule has 7 nitrogen and oxygen atoms in total. The van der Waals surface area contributed by atoms with E-state index in [0.717, 1.165) is 57.4 Å². The maximum atomic E-state index is 12.3. The third kappa shape index (κ3) is 12.5. The van der Waals surface area contributed by atoms with Gasteiger partial charge in [-0.2, -0.15) is 0 Å². The molecule has 1 aliphatic heterocycles. The number of unbranched alkanes of at least 4 members (excludes halogenated alkanes) is 4. The largest absolute Gasteiger partial charge is 0.445 e. The monoisotopic (exact) mass is 461 g/mol. The normalized spacial score (nSPS) is 14.7. The molecule has 2 amide bonds. The van der Waals surface area contributed by atoms with Crippen molar-refractivity contribution in [1.82, 2.24) is 15.5 Å². The summed E-state index contributed by atoms with van der Waals surface area (Å²) in [6.07, 6.45) is 7.17. The highest BCUT2D eigenvalue weighted by atomic mass is 16.6. The first-order valence-electron chi connectivity index (χ1n) is 12.5. The molecule has 1 heterocycles. The van der Waals surface area contributed by atoms with Crippen molar-refractivity contribution in [1.29, 1.82) is 0 Å². The fourth-order valence-corrected chi connectivity index (χ4v) is 3.85. The molecule has 0 atom stereocenters. The molecule has 0 spiro atoms. The molecule has 1 aromatic rings. The molecule has 186 valence electrons. The Hall–Kier alpha value is -2.28. The highest BCUT2D eigenvalue weighted by molar-refractivity contribution is 5.68. The molecule has 7 heteroatoms. The number of carbonyl (C=O) groups excluding carboxylic acids is 2. The smallest absolute Gasteiger partial charge is 0.410 e. The van der Waals surface area contributed by atoms with Crippen molar-refractivity contribution in [3.05, 3.63) is 35.9 Å². The molecular formula is C26H43N3O4. The predicted octanol–water partition coefficient (Wildman–Crippen LogP) is 5.10. The number of ether oxygens (including phenoxy) is 2. The number of rotatable bonds is 12. The van der Waals surface area contributed by atoms with E-state index < -0.39 is 5.60 Å². The van der Waals surface area contributed by atoms with Crippen molar-refractivity contribution < 1.29 is 19.1 Å². The predicted molar refractivity (Wildman–Crippen MR) is 131 cm³/mol. The van der Waals surface area contributed by atoms with Crippen molar-refractivity contribution >= 4 is 12.2 Å². The van der Waals surface area contributed by atoms with Gasteiger partial charge in [0.05, 0.1) is 0 Å². The van der Waals surface area contributed by atoms with Gasteiger partial charge in [-0.1, -0.05) is 49.6 Å². The van der Waals surface area contributed by atoms with Crippen LogP contribution in [0.3, 0.4) is 0 Å². The van der Waals surface area contributed by atoms with Gasteiger partial charge in [0.2, 0.25) is 0 Å². The third-order valence-corrected chi connectivity index (χ3v) is 5.71. The van der Waals surface area contributed by atoms with E-state index in [-0.39, 0.29) is 12.2 Å². The van der Waals surface area contributed by atoms with Gasteiger partial charge in [0.25, 0.3) is 0 Å². The number of benzene rings is 1. The summed E-state index contributed by atoms with van der Waals surface area (Å²) in [5, 5.41) is 6.38. The number of nitrogens with one attached hydrogen (secondary N) is 2. The van der Waals surface area contributed by atoms with E-state index in [4.69, 9.17) is 9.47 Å². The van der Waals surface area contributed by atoms with Crippen molar-refractivity contribution in [2.75, 3.05) is 32.7 Å². The van der Waals surface area contributed by atoms with E-state index in [9.17, 15) is 9.59 Å². The zero-order chi connectivity index (χ0) is 23.9. The zero-order valence-corrected chi connectivity index (χ0v) is 20.7. The first-order chi connectivity index (χ1) is 15.8. The van der Waals surface area contributed by atoms with Crippen LogP contribution in [0.25, 0.3) is 0 Å². The fraction of sp³-hybridized carbons (Fsp3) is 0.692. The quantitative estimate of drug-likeness (QED) is 0.423. The lowest BCUT2D eigenvalue weighted by atomic mass is 9.97. The minimum atomic E-state index is -0.442. The lowest BCUT2D eigenvalue weighted by molar-refractivity contribution is 0.0526. The molecular weight excluding hydrogens is 418 g/mol. The van der Waals surface area contributed by atoms with E-state index in [1.54, 1.807) is 0 Å². The Labute approximate surface area is 199 Å². The third-order valence-electron chi connectivity index (χ3n) is 5.71. The Balaban J connectivity index is 1.40. The van der Waals surface area contributed by atoms with Crippen LogP contribution in [0.1, 0.15) is 71.3 Å². The lowest BCUT2D eigenvalue weighted by Crippen LogP contribution is -2.41. The Kier molecular flexibility index (Phi) is 12.1. The number of hydrogen-bond acceptors (Lipinski definition) is 5. The van der Waals surface area contributed by atoms with Gasteiger partial charge in [-0.05, 0) is 71.0 Å². The molecule has 0 aromatic heterocycles. The molecule has 33 heavy (non-hydrogen) atoms. The minimum Gasteiger partial charge on any atom is -0.445 e. The second-order valence-corrected chi connectivity index (χ2v) is 9.87. The lowest BCUT2D eigenvalue weighted by Gasteiger charge is -2.31. The first-order valence-corrected chi connectivity index (χ1v) is 12.5. The Bertz CT molecular complexity index is 683. The van der Waals surface area contributed by atoms with Crippen molar-refractivity contribution in [3.8, 4) is 0 Å². The highest BCUT2D eigenvalue weighted by Crippen LogP contribution is 2.17. The fourth-order valence-electron chi connectivity index (χ4n) is 3.85. The van der Waals surface area contributed by atoms with Crippen LogP contribution in [0.5, 0.6) is 0 Å². The number of alkyl carbamates (subject to hydrolysis) is 1. The van der Waals surface area contributed by atoms with Gasteiger partial charge in [0.15, 0.2) is 0 Å². The first kappa shape index (κ1) is 27.0. The summed E-state index contributed by atoms with van der Waals surface area (Å²) in [7, 11) is 0. The summed E-state index contributed by atoms with van der Waals surface area (Å²) in [4.78, 5) is 25.6. The molecule has 1 aromatic carbocycles. The summed E-state index contributed by atoms with van der Waals surface area (Å²) in [5.74, 6) is 0.627. The number of piperidine rings is 1. The molecule has 1 fully saturated rings. The van der Waals surface area contributed by atoms with Crippen LogP contribution in [0.4, 0.5) is 9.59 Å². The van der Waals surface area contributed by atoms with Crippen LogP contribution in [0.15, 0.2) is 30.3 Å². The minimum absolute atomic E-state index is 0.202. The zero-order valence-electron chi connectivity index (χ0n) is 20.7. The van der Waals surface area contributed by atoms with Crippen molar-refractivity contribution in [2.45, 2.75) is 77.9 Å². The molecule has 0 radical (unpaired) electrons. The average molecular weight is 462 g/mol. The van der Waals surface area contributed by atoms with E-state index in [1.165, 1.54) is 19.3 Å². The highest BCUT2D eigenvalue weighted by Gasteiger charge is 2.23. The molecule has 1 aliphatic rings. The van der Waals surface area contributed by atoms with Gasteiger partial charge in [-0.15, -0.1) is 0 Å². The summed E-state index contributed by atoms with van der Waals surface area (Å²) in [6, 6.07) is 9.80. The summed E-state index contributed by atoms with van der Waals surface area (Å²) in [5.41, 5.74) is 0.574. The van der Waals surface area contributed by atoms with Crippen LogP contribution in [-0.2, 0) is 16.1 Å². The summed E-state index contributed by atoms with van der Waals surface area (Å²) in [6.45, 7) is 10.2. The van der Waals surface area contributed by atoms with Crippen molar-refractivity contribution in [2.24, 2.45) is 5.92 Å². The topological polar surface area (TPSA) is 79.9 Å². The van der Waals surface area contributed by atoms with Crippen molar-refractivity contribution in [3.63, 3.8) is 0 Å². The van der Waals surface area contributed by atoms with Gasteiger partial charge in [0, 0.05) is 19.6 Å². The standard InChI is InChI=1S/C26H43N3O4/c1-26(2,3)33-24(30)28-17-11-6-4-5-10-16-27-20-22-14-18-29(19-15-22)25(31)32-21-23-12-8-7-9-13-23/h7-9,12-13,22,27H,4-6,10-11,14-21H2,1-3H3,(H,28,30). The molecule has 1 saturated heterocycles. The number of hydrogen-bond donors (Lipinski definition) is 2. The second kappa shape index (κ2) is 14.8. The van der Waals surface area contributed by atoms with Gasteiger partial charge in [0.1, 0.15) is 12.2 Å². The average Bonchev–Trinajstić information content (AvgIpc) is 2.78. The van der Waals surface area contributed by atoms with E-state index in [1.807, 2.05) is 56.0 Å². The van der Waals surface area contributed by atoms with Gasteiger partial charge >= 0.3 is 12.2 Å². The molecule has 2 N–H and O–H groups in total. The molecule has 0 unspecified atom stereocenters. The van der Waals surface area contributed by atoms with E-state index >= 15 is 0 Å². The molecule has 0 bridgehead atoms. The number of nitrogens with zero attached hydrogens (tertiary/aromatic N) is 1. The van der Waals surface area contributed by atoms with Gasteiger partial charge in [-0.25, -0.2) is 9.59 Å². The van der Waals surface area contributed by atoms with Crippen LogP contribution >= 0.6 is 0 Å². The molecule has 0 saturated carbocycles. The number of carbonyl (C=O) groups is 2. The molecule has 2 rings (SSSR count). The van der Waals surface area contributed by atoms with E-state index in [0.29, 0.717) is 19.1 Å². The Morgan fingerprint density at radius 3 is 2.27 bits per heavy atom. The second-order valence-electron chi connectivity index (χ2n) is 9.87. The maximum Gasteiger partial charge on any atom is 0.410 e. The van der Waals surface area contributed by atoms with Crippen LogP contribution in [0, 0.1) is 5.92 Å². The van der Waals surface area contributed by atoms with Crippen LogP contribution < -0.4 is 10.6 Å². The van der Waals surface area contributed by atoms with Crippen LogP contribution in [0.2, 0.25) is 0 Å². The van der Waals surface area contributed by atoms with Crippen LogP contribution in [-0.4, -0.2) is 55.4 Å². The number of likely N-dealkylation sites (tertiary alicyclic amines) is 1. The van der Waals surface area contributed by atoms with E-state index in [2.05, 4.69) is 10.6 Å². The number of amides is 2. The molecule has 0 aliphatic carbocycles. The Morgan fingerprint density at radius 1 is 0.970 bits per heavy atom. The SMILES string of the molecule is CC(C)(C)OC(=O)NCCCCCCCNCC1CCN(C(=O)OCc2ccccc2)CC1.